The molecule has 0 spiro atoms. The number of nitrogens with one attached hydrogen (secondary N) is 2. The molecule has 0 amide bonds. The van der Waals surface area contributed by atoms with Crippen molar-refractivity contribution in [3.8, 4) is 0 Å². The van der Waals surface area contributed by atoms with Gasteiger partial charge in [-0.3, -0.25) is 0 Å². The lowest BCUT2D eigenvalue weighted by Gasteiger charge is -1.98. The molecular formula is C6H11N3O2S. The predicted octanol–water partition coefficient (Wildman–Crippen LogP) is -0.499. The van der Waals surface area contributed by atoms with Gasteiger partial charge in [-0.15, -0.1) is 0 Å². The topological polar surface area (TPSA) is 74.8 Å². The third-order valence-electron chi connectivity index (χ3n) is 1.31. The summed E-state index contributed by atoms with van der Waals surface area (Å²) in [5.74, 6) is 0. The number of hydrogen-bond donors (Lipinski definition) is 2. The molecule has 0 saturated carbocycles. The summed E-state index contributed by atoms with van der Waals surface area (Å²) in [6, 6.07) is 0. The third kappa shape index (κ3) is 3.49. The maximum Gasteiger partial charge on any atom is 0.208 e. The average molecular weight is 189 g/mol. The van der Waals surface area contributed by atoms with Gasteiger partial charge >= 0.3 is 0 Å². The largest absolute Gasteiger partial charge is 0.348 e. The minimum absolute atomic E-state index is 0.404. The fraction of sp³-hybridized carbons (Fsp3) is 0.500. The summed E-state index contributed by atoms with van der Waals surface area (Å²) in [4.78, 5) is 6.68. The van der Waals surface area contributed by atoms with Crippen LogP contribution in [0.15, 0.2) is 12.5 Å². The van der Waals surface area contributed by atoms with Crippen LogP contribution in [0.1, 0.15) is 5.69 Å². The Kier molecular flexibility index (Phi) is 2.83. The van der Waals surface area contributed by atoms with Gasteiger partial charge in [-0.2, -0.15) is 0 Å². The van der Waals surface area contributed by atoms with Gasteiger partial charge in [0.15, 0.2) is 0 Å². The SMILES string of the molecule is CS(=O)(=O)NCCc1cnc[nH]1. The van der Waals surface area contributed by atoms with E-state index in [9.17, 15) is 8.42 Å². The van der Waals surface area contributed by atoms with E-state index in [1.807, 2.05) is 0 Å². The molecule has 0 bridgehead atoms. The van der Waals surface area contributed by atoms with Gasteiger partial charge < -0.3 is 4.98 Å². The van der Waals surface area contributed by atoms with Crippen molar-refractivity contribution in [2.75, 3.05) is 12.8 Å². The molecule has 1 aromatic rings. The van der Waals surface area contributed by atoms with Crippen molar-refractivity contribution < 1.29 is 8.42 Å². The summed E-state index contributed by atoms with van der Waals surface area (Å²) < 4.78 is 23.6. The molecule has 1 aromatic heterocycles. The van der Waals surface area contributed by atoms with Crippen molar-refractivity contribution in [2.24, 2.45) is 0 Å². The summed E-state index contributed by atoms with van der Waals surface area (Å²) in [7, 11) is -3.06. The number of rotatable bonds is 4. The Bertz CT molecular complexity index is 317. The lowest BCUT2D eigenvalue weighted by Crippen LogP contribution is -2.24. The van der Waals surface area contributed by atoms with Crippen LogP contribution in [0.25, 0.3) is 0 Å². The molecule has 1 heterocycles. The number of hydrogen-bond acceptors (Lipinski definition) is 3. The van der Waals surface area contributed by atoms with E-state index in [-0.39, 0.29) is 0 Å². The van der Waals surface area contributed by atoms with Crippen LogP contribution in [0, 0.1) is 0 Å². The molecule has 0 atom stereocenters. The van der Waals surface area contributed by atoms with Gasteiger partial charge in [-0.1, -0.05) is 0 Å². The molecule has 0 saturated heterocycles. The Hall–Kier alpha value is -0.880. The monoisotopic (exact) mass is 189 g/mol. The van der Waals surface area contributed by atoms with Crippen LogP contribution in [0.2, 0.25) is 0 Å². The zero-order chi connectivity index (χ0) is 9.03. The zero-order valence-corrected chi connectivity index (χ0v) is 7.56. The summed E-state index contributed by atoms with van der Waals surface area (Å²) >= 11 is 0. The van der Waals surface area contributed by atoms with Gasteiger partial charge in [-0.25, -0.2) is 18.1 Å². The molecule has 0 fully saturated rings. The molecular weight excluding hydrogens is 178 g/mol. The maximum absolute atomic E-state index is 10.6. The van der Waals surface area contributed by atoms with Gasteiger partial charge in [0.05, 0.1) is 12.6 Å². The van der Waals surface area contributed by atoms with Gasteiger partial charge in [0.25, 0.3) is 0 Å². The number of H-pyrrole nitrogens is 1. The van der Waals surface area contributed by atoms with Crippen LogP contribution in [-0.4, -0.2) is 31.2 Å². The number of aromatic nitrogens is 2. The van der Waals surface area contributed by atoms with Crippen LogP contribution in [0.5, 0.6) is 0 Å². The fourth-order valence-electron chi connectivity index (χ4n) is 0.793. The van der Waals surface area contributed by atoms with Crippen molar-refractivity contribution >= 4 is 10.0 Å². The average Bonchev–Trinajstić information content (AvgIpc) is 2.36. The smallest absolute Gasteiger partial charge is 0.208 e. The second kappa shape index (κ2) is 3.68. The molecule has 0 aromatic carbocycles. The molecule has 68 valence electrons. The first kappa shape index (κ1) is 9.21. The maximum atomic E-state index is 10.6. The van der Waals surface area contributed by atoms with Gasteiger partial charge in [0.1, 0.15) is 0 Å². The third-order valence-corrected chi connectivity index (χ3v) is 2.04. The molecule has 12 heavy (non-hydrogen) atoms. The molecule has 1 rings (SSSR count). The molecule has 6 heteroatoms. The Labute approximate surface area is 71.3 Å². The van der Waals surface area contributed by atoms with Crippen molar-refractivity contribution in [1.29, 1.82) is 0 Å². The Morgan fingerprint density at radius 2 is 2.42 bits per heavy atom. The number of nitrogens with zero attached hydrogens (tertiary/aromatic N) is 1. The van der Waals surface area contributed by atoms with Crippen molar-refractivity contribution in [3.05, 3.63) is 18.2 Å². The summed E-state index contributed by atoms with van der Waals surface area (Å²) in [6.45, 7) is 0.404. The molecule has 0 aliphatic heterocycles. The quantitative estimate of drug-likeness (QED) is 0.670. The molecule has 0 unspecified atom stereocenters. The lowest BCUT2D eigenvalue weighted by atomic mass is 10.3. The van der Waals surface area contributed by atoms with E-state index in [0.717, 1.165) is 11.9 Å². The fourth-order valence-corrected chi connectivity index (χ4v) is 1.27. The number of sulfonamides is 1. The highest BCUT2D eigenvalue weighted by molar-refractivity contribution is 7.88. The van der Waals surface area contributed by atoms with Crippen LogP contribution in [0.4, 0.5) is 0 Å². The minimum atomic E-state index is -3.06. The van der Waals surface area contributed by atoms with E-state index in [0.29, 0.717) is 13.0 Å². The molecule has 0 radical (unpaired) electrons. The van der Waals surface area contributed by atoms with E-state index in [1.54, 1.807) is 12.5 Å². The molecule has 2 N–H and O–H groups in total. The predicted molar refractivity (Wildman–Crippen MR) is 45.1 cm³/mol. The first-order valence-electron chi connectivity index (χ1n) is 3.50. The standard InChI is InChI=1S/C6H11N3O2S/c1-12(10,11)9-3-2-6-4-7-5-8-6/h4-5,9H,2-3H2,1H3,(H,7,8). The highest BCUT2D eigenvalue weighted by Crippen LogP contribution is 1.90. The van der Waals surface area contributed by atoms with Crippen molar-refractivity contribution in [3.63, 3.8) is 0 Å². The Morgan fingerprint density at radius 3 is 2.92 bits per heavy atom. The molecule has 0 aliphatic rings. The van der Waals surface area contributed by atoms with E-state index in [2.05, 4.69) is 14.7 Å². The van der Waals surface area contributed by atoms with E-state index in [4.69, 9.17) is 0 Å². The normalized spacial score (nSPS) is 11.8. The number of imidazole rings is 1. The molecule has 5 nitrogen and oxygen atoms in total. The van der Waals surface area contributed by atoms with Crippen LogP contribution < -0.4 is 4.72 Å². The minimum Gasteiger partial charge on any atom is -0.348 e. The first-order valence-corrected chi connectivity index (χ1v) is 5.39. The highest BCUT2D eigenvalue weighted by Gasteiger charge is 1.99. The summed E-state index contributed by atoms with van der Waals surface area (Å²) in [5, 5.41) is 0. The van der Waals surface area contributed by atoms with Crippen LogP contribution >= 0.6 is 0 Å². The Morgan fingerprint density at radius 1 is 1.67 bits per heavy atom. The summed E-state index contributed by atoms with van der Waals surface area (Å²) in [5.41, 5.74) is 0.922. The second-order valence-corrected chi connectivity index (χ2v) is 4.33. The van der Waals surface area contributed by atoms with Gasteiger partial charge in [0, 0.05) is 24.9 Å². The van der Waals surface area contributed by atoms with E-state index < -0.39 is 10.0 Å². The van der Waals surface area contributed by atoms with Crippen molar-refractivity contribution in [2.45, 2.75) is 6.42 Å². The number of aromatic amines is 1. The summed E-state index contributed by atoms with van der Waals surface area (Å²) in [6.07, 6.45) is 5.01. The van der Waals surface area contributed by atoms with Crippen LogP contribution in [-0.2, 0) is 16.4 Å². The van der Waals surface area contributed by atoms with Crippen LogP contribution in [0.3, 0.4) is 0 Å². The zero-order valence-electron chi connectivity index (χ0n) is 6.74. The first-order chi connectivity index (χ1) is 5.58. The van der Waals surface area contributed by atoms with E-state index >= 15 is 0 Å². The second-order valence-electron chi connectivity index (χ2n) is 2.49. The van der Waals surface area contributed by atoms with Crippen molar-refractivity contribution in [1.82, 2.24) is 14.7 Å². The lowest BCUT2D eigenvalue weighted by molar-refractivity contribution is 0.587. The highest BCUT2D eigenvalue weighted by atomic mass is 32.2. The Balaban J connectivity index is 2.29. The van der Waals surface area contributed by atoms with E-state index in [1.165, 1.54) is 0 Å². The van der Waals surface area contributed by atoms with Gasteiger partial charge in [0.2, 0.25) is 10.0 Å². The van der Waals surface area contributed by atoms with Gasteiger partial charge in [-0.05, 0) is 0 Å². The molecule has 0 aliphatic carbocycles.